The summed E-state index contributed by atoms with van der Waals surface area (Å²) < 4.78 is 6.63. The lowest BCUT2D eigenvalue weighted by atomic mass is 10.1. The summed E-state index contributed by atoms with van der Waals surface area (Å²) >= 11 is 0. The minimum absolute atomic E-state index is 0.0797. The number of nitrogens with zero attached hydrogens (tertiary/aromatic N) is 5. The molecule has 1 aliphatic rings. The lowest BCUT2D eigenvalue weighted by Crippen LogP contribution is -2.50. The van der Waals surface area contributed by atoms with Gasteiger partial charge in [0.25, 0.3) is 5.56 Å². The van der Waals surface area contributed by atoms with Crippen LogP contribution in [-0.4, -0.2) is 63.4 Å². The van der Waals surface area contributed by atoms with E-state index in [1.807, 2.05) is 25.7 Å². The first kappa shape index (κ1) is 18.3. The van der Waals surface area contributed by atoms with Gasteiger partial charge < -0.3 is 9.42 Å². The molecule has 0 aromatic carbocycles. The molecule has 1 aliphatic heterocycles. The molecule has 0 atom stereocenters. The lowest BCUT2D eigenvalue weighted by molar-refractivity contribution is -0.132. The molecule has 2 aromatic rings. The van der Waals surface area contributed by atoms with Crippen molar-refractivity contribution in [2.24, 2.45) is 0 Å². The molecular formula is C18H25N5O3. The average molecular weight is 359 g/mol. The maximum atomic E-state index is 12.5. The third-order valence-corrected chi connectivity index (χ3v) is 4.86. The molecular weight excluding hydrogens is 334 g/mol. The molecule has 1 amide bonds. The number of hydrogen-bond acceptors (Lipinski definition) is 6. The zero-order valence-electron chi connectivity index (χ0n) is 15.6. The molecule has 0 spiro atoms. The van der Waals surface area contributed by atoms with E-state index in [0.29, 0.717) is 31.8 Å². The monoisotopic (exact) mass is 359 g/mol. The number of carbonyl (C=O) groups is 1. The zero-order chi connectivity index (χ0) is 18.7. The molecule has 26 heavy (non-hydrogen) atoms. The van der Waals surface area contributed by atoms with Crippen molar-refractivity contribution in [2.45, 2.75) is 33.7 Å². The Hall–Kier alpha value is -2.48. The summed E-state index contributed by atoms with van der Waals surface area (Å²) in [5.41, 5.74) is 2.43. The van der Waals surface area contributed by atoms with Crippen LogP contribution in [0.25, 0.3) is 0 Å². The lowest BCUT2D eigenvalue weighted by Gasteiger charge is -2.34. The molecule has 0 bridgehead atoms. The molecule has 0 unspecified atom stereocenters. The van der Waals surface area contributed by atoms with Crippen molar-refractivity contribution >= 4 is 5.91 Å². The van der Waals surface area contributed by atoms with Crippen LogP contribution >= 0.6 is 0 Å². The van der Waals surface area contributed by atoms with E-state index in [1.54, 1.807) is 12.1 Å². The Kier molecular flexibility index (Phi) is 5.51. The van der Waals surface area contributed by atoms with Gasteiger partial charge in [0.15, 0.2) is 0 Å². The molecule has 2 aromatic heterocycles. The van der Waals surface area contributed by atoms with Gasteiger partial charge in [-0.2, -0.15) is 5.10 Å². The van der Waals surface area contributed by atoms with E-state index in [2.05, 4.69) is 15.2 Å². The Labute approximate surface area is 152 Å². The van der Waals surface area contributed by atoms with Gasteiger partial charge in [0.05, 0.1) is 24.4 Å². The molecule has 0 radical (unpaired) electrons. The first-order valence-corrected chi connectivity index (χ1v) is 8.90. The number of carbonyl (C=O) groups excluding carboxylic acids is 1. The molecule has 3 heterocycles. The maximum Gasteiger partial charge on any atom is 0.266 e. The largest absolute Gasteiger partial charge is 0.361 e. The second-order valence-corrected chi connectivity index (χ2v) is 6.74. The minimum atomic E-state index is -0.0797. The zero-order valence-corrected chi connectivity index (χ0v) is 15.6. The topological polar surface area (TPSA) is 84.5 Å². The van der Waals surface area contributed by atoms with Crippen LogP contribution in [0.2, 0.25) is 0 Å². The fourth-order valence-electron chi connectivity index (χ4n) is 3.19. The van der Waals surface area contributed by atoms with Crippen LogP contribution in [0.4, 0.5) is 0 Å². The highest BCUT2D eigenvalue weighted by Gasteiger charge is 2.23. The number of piperazine rings is 1. The van der Waals surface area contributed by atoms with Gasteiger partial charge in [-0.25, -0.2) is 4.68 Å². The van der Waals surface area contributed by atoms with Crippen molar-refractivity contribution in [1.82, 2.24) is 24.7 Å². The van der Waals surface area contributed by atoms with E-state index in [4.69, 9.17) is 4.52 Å². The van der Waals surface area contributed by atoms with Gasteiger partial charge in [0.2, 0.25) is 5.91 Å². The van der Waals surface area contributed by atoms with Crippen LogP contribution in [0.5, 0.6) is 0 Å². The van der Waals surface area contributed by atoms with Crippen molar-refractivity contribution in [1.29, 1.82) is 0 Å². The van der Waals surface area contributed by atoms with E-state index in [0.717, 1.165) is 36.6 Å². The van der Waals surface area contributed by atoms with Gasteiger partial charge in [-0.15, -0.1) is 0 Å². The van der Waals surface area contributed by atoms with E-state index in [-0.39, 0.29) is 11.5 Å². The number of aromatic nitrogens is 3. The summed E-state index contributed by atoms with van der Waals surface area (Å²) in [5, 5.41) is 8.16. The quantitative estimate of drug-likeness (QED) is 0.775. The molecule has 0 saturated carbocycles. The molecule has 1 fully saturated rings. The molecule has 3 rings (SSSR count). The summed E-state index contributed by atoms with van der Waals surface area (Å²) in [7, 11) is 0. The second kappa shape index (κ2) is 7.82. The van der Waals surface area contributed by atoms with Crippen LogP contribution in [0.1, 0.15) is 22.7 Å². The predicted molar refractivity (Wildman–Crippen MR) is 95.9 cm³/mol. The summed E-state index contributed by atoms with van der Waals surface area (Å²) in [5.74, 6) is 0.821. The number of amides is 1. The van der Waals surface area contributed by atoms with E-state index in [9.17, 15) is 9.59 Å². The normalized spacial score (nSPS) is 15.4. The van der Waals surface area contributed by atoms with E-state index in [1.165, 1.54) is 4.68 Å². The van der Waals surface area contributed by atoms with Crippen molar-refractivity contribution in [3.8, 4) is 0 Å². The fourth-order valence-corrected chi connectivity index (χ4v) is 3.19. The molecule has 0 N–H and O–H groups in total. The average Bonchev–Trinajstić information content (AvgIpc) is 2.95. The fraction of sp³-hybridized carbons (Fsp3) is 0.556. The summed E-state index contributed by atoms with van der Waals surface area (Å²) in [6.45, 7) is 9.87. The van der Waals surface area contributed by atoms with Crippen LogP contribution in [0.15, 0.2) is 21.5 Å². The summed E-state index contributed by atoms with van der Waals surface area (Å²) in [4.78, 5) is 28.5. The summed E-state index contributed by atoms with van der Waals surface area (Å²) in [6, 6.07) is 3.27. The Morgan fingerprint density at radius 1 is 1.12 bits per heavy atom. The Morgan fingerprint density at radius 2 is 1.85 bits per heavy atom. The molecule has 1 saturated heterocycles. The molecule has 0 aliphatic carbocycles. The van der Waals surface area contributed by atoms with Crippen LogP contribution in [-0.2, 0) is 17.8 Å². The predicted octanol–water partition coefficient (Wildman–Crippen LogP) is 0.543. The second-order valence-electron chi connectivity index (χ2n) is 6.74. The smallest absolute Gasteiger partial charge is 0.266 e. The van der Waals surface area contributed by atoms with Gasteiger partial charge in [-0.1, -0.05) is 5.16 Å². The highest BCUT2D eigenvalue weighted by atomic mass is 16.5. The SMILES string of the molecule is Cc1ccc(=O)n(CCN2CCN(C(=O)Cc3c(C)noc3C)CC2)n1. The Balaban J connectivity index is 1.49. The highest BCUT2D eigenvalue weighted by molar-refractivity contribution is 5.79. The number of hydrogen-bond donors (Lipinski definition) is 0. The van der Waals surface area contributed by atoms with E-state index >= 15 is 0 Å². The molecule has 8 heteroatoms. The van der Waals surface area contributed by atoms with Crippen molar-refractivity contribution in [2.75, 3.05) is 32.7 Å². The Morgan fingerprint density at radius 3 is 2.50 bits per heavy atom. The molecule has 8 nitrogen and oxygen atoms in total. The maximum absolute atomic E-state index is 12.5. The third kappa shape index (κ3) is 4.19. The van der Waals surface area contributed by atoms with Crippen LogP contribution in [0, 0.1) is 20.8 Å². The number of aryl methyl sites for hydroxylation is 3. The van der Waals surface area contributed by atoms with Gasteiger partial charge in [0, 0.05) is 44.4 Å². The molecule has 140 valence electrons. The standard InChI is InChI=1S/C18H25N5O3/c1-13-4-5-17(24)23(19-13)11-8-21-6-9-22(10-7-21)18(25)12-16-14(2)20-26-15(16)3/h4-5H,6-12H2,1-3H3. The van der Waals surface area contributed by atoms with Crippen molar-refractivity contribution in [3.63, 3.8) is 0 Å². The van der Waals surface area contributed by atoms with Crippen molar-refractivity contribution < 1.29 is 9.32 Å². The van der Waals surface area contributed by atoms with Crippen LogP contribution < -0.4 is 5.56 Å². The first-order chi connectivity index (χ1) is 12.4. The van der Waals surface area contributed by atoms with Gasteiger partial charge >= 0.3 is 0 Å². The number of rotatable bonds is 5. The van der Waals surface area contributed by atoms with Crippen molar-refractivity contribution in [3.05, 3.63) is 45.2 Å². The van der Waals surface area contributed by atoms with E-state index < -0.39 is 0 Å². The van der Waals surface area contributed by atoms with Gasteiger partial charge in [-0.3, -0.25) is 14.5 Å². The summed E-state index contributed by atoms with van der Waals surface area (Å²) in [6.07, 6.45) is 0.337. The van der Waals surface area contributed by atoms with Gasteiger partial charge in [-0.05, 0) is 26.8 Å². The van der Waals surface area contributed by atoms with Crippen LogP contribution in [0.3, 0.4) is 0 Å². The van der Waals surface area contributed by atoms with Gasteiger partial charge in [0.1, 0.15) is 5.76 Å². The third-order valence-electron chi connectivity index (χ3n) is 4.86. The first-order valence-electron chi connectivity index (χ1n) is 8.90. The highest BCUT2D eigenvalue weighted by Crippen LogP contribution is 2.14. The minimum Gasteiger partial charge on any atom is -0.361 e. The Bertz CT molecular complexity index is 814.